The molecule has 0 saturated carbocycles. The van der Waals surface area contributed by atoms with Crippen molar-refractivity contribution in [2.45, 2.75) is 21.3 Å². The third-order valence-electron chi connectivity index (χ3n) is 2.64. The SMILES string of the molecule is C.CC.N.[CH3-].[CH3-].[Ir].[Ir].[c-]1ccccc1-c1nccc2ccccc12. The minimum absolute atomic E-state index is 0. The molecule has 0 saturated heterocycles. The molecule has 0 aliphatic carbocycles. The molecule has 3 aromatic rings. The van der Waals surface area contributed by atoms with E-state index in [1.807, 2.05) is 62.5 Å². The number of nitrogens with zero attached hydrogens (tertiary/aromatic N) is 1. The maximum Gasteiger partial charge on any atom is 0.0167 e. The first-order valence-corrected chi connectivity index (χ1v) is 6.26. The van der Waals surface area contributed by atoms with E-state index < -0.39 is 0 Å². The van der Waals surface area contributed by atoms with Gasteiger partial charge in [-0.1, -0.05) is 45.5 Å². The fourth-order valence-electron chi connectivity index (χ4n) is 1.87. The second-order valence-corrected chi connectivity index (χ2v) is 3.66. The van der Waals surface area contributed by atoms with E-state index in [-0.39, 0.29) is 68.6 Å². The van der Waals surface area contributed by atoms with Crippen LogP contribution in [0.5, 0.6) is 0 Å². The molecule has 140 valence electrons. The van der Waals surface area contributed by atoms with Gasteiger partial charge >= 0.3 is 0 Å². The van der Waals surface area contributed by atoms with Crippen LogP contribution in [0.2, 0.25) is 0 Å². The molecule has 0 aliphatic heterocycles. The van der Waals surface area contributed by atoms with Gasteiger partial charge in [0.15, 0.2) is 0 Å². The zero-order valence-corrected chi connectivity index (χ0v) is 18.9. The second-order valence-electron chi connectivity index (χ2n) is 3.66. The quantitative estimate of drug-likeness (QED) is 0.302. The molecule has 3 N–H and O–H groups in total. The number of hydrogen-bond acceptors (Lipinski definition) is 2. The van der Waals surface area contributed by atoms with Crippen molar-refractivity contribution in [1.29, 1.82) is 0 Å². The number of benzene rings is 2. The van der Waals surface area contributed by atoms with Crippen molar-refractivity contribution in [2.24, 2.45) is 0 Å². The van der Waals surface area contributed by atoms with Gasteiger partial charge in [0, 0.05) is 46.4 Å². The van der Waals surface area contributed by atoms with E-state index in [9.17, 15) is 0 Å². The van der Waals surface area contributed by atoms with Crippen molar-refractivity contribution in [3.8, 4) is 11.3 Å². The fraction of sp³-hybridized carbons (Fsp3) is 0.150. The Morgan fingerprint density at radius 3 is 2.00 bits per heavy atom. The number of hydrogen-bond donors (Lipinski definition) is 1. The van der Waals surface area contributed by atoms with Gasteiger partial charge in [-0.3, -0.25) is 0 Å². The minimum Gasteiger partial charge on any atom is -0.358 e. The summed E-state index contributed by atoms with van der Waals surface area (Å²) >= 11 is 0. The van der Waals surface area contributed by atoms with E-state index in [0.29, 0.717) is 0 Å². The molecule has 2 radical (unpaired) electrons. The molecule has 0 fully saturated rings. The standard InChI is InChI=1S/C15H10N.C2H6.CH4.2CH3.2Ir.H3N/c1-2-7-13(8-3-1)15-14-9-5-4-6-12(14)10-11-16-15;1-2;;;;;;/h1-7,9-11H;1-2H3;1H4;2*1H3;;;1H3/q-1;;;2*-1;;;. The molecule has 2 aromatic carbocycles. The topological polar surface area (TPSA) is 47.9 Å². The molecule has 1 heterocycles. The van der Waals surface area contributed by atoms with Crippen LogP contribution in [0, 0.1) is 20.9 Å². The Bertz CT molecular complexity index is 623. The summed E-state index contributed by atoms with van der Waals surface area (Å²) in [4.78, 5) is 4.45. The summed E-state index contributed by atoms with van der Waals surface area (Å²) in [6.45, 7) is 4.00. The Morgan fingerprint density at radius 2 is 1.42 bits per heavy atom. The molecule has 24 heavy (non-hydrogen) atoms. The Balaban J connectivity index is -0.000000145. The zero-order valence-electron chi connectivity index (χ0n) is 14.1. The number of fused-ring (bicyclic) bond motifs is 1. The smallest absolute Gasteiger partial charge is 0.0167 e. The Kier molecular flexibility index (Phi) is 26.5. The van der Waals surface area contributed by atoms with E-state index >= 15 is 0 Å². The van der Waals surface area contributed by atoms with E-state index in [4.69, 9.17) is 0 Å². The van der Waals surface area contributed by atoms with Gasteiger partial charge in [-0.2, -0.15) is 0 Å². The van der Waals surface area contributed by atoms with Crippen molar-refractivity contribution < 1.29 is 40.2 Å². The van der Waals surface area contributed by atoms with Crippen molar-refractivity contribution in [1.82, 2.24) is 11.1 Å². The minimum atomic E-state index is 0. The monoisotopic (exact) mass is 683 g/mol. The summed E-state index contributed by atoms with van der Waals surface area (Å²) in [7, 11) is 0. The predicted molar refractivity (Wildman–Crippen MR) is 102 cm³/mol. The van der Waals surface area contributed by atoms with Gasteiger partial charge in [-0.05, 0) is 22.5 Å². The van der Waals surface area contributed by atoms with Crippen LogP contribution in [0.4, 0.5) is 0 Å². The van der Waals surface area contributed by atoms with Crippen LogP contribution in [-0.4, -0.2) is 4.98 Å². The van der Waals surface area contributed by atoms with E-state index in [1.54, 1.807) is 0 Å². The molecule has 2 nitrogen and oxygen atoms in total. The van der Waals surface area contributed by atoms with Crippen LogP contribution in [-0.2, 0) is 40.2 Å². The van der Waals surface area contributed by atoms with Gasteiger partial charge in [0.05, 0.1) is 0 Å². The molecule has 0 bridgehead atoms. The molecule has 3 rings (SSSR count). The predicted octanol–water partition coefficient (Wildman–Crippen LogP) is 6.42. The summed E-state index contributed by atoms with van der Waals surface area (Å²) in [5.41, 5.74) is 2.04. The summed E-state index contributed by atoms with van der Waals surface area (Å²) in [5.74, 6) is 0. The van der Waals surface area contributed by atoms with Gasteiger partial charge < -0.3 is 26.0 Å². The van der Waals surface area contributed by atoms with Gasteiger partial charge in [0.1, 0.15) is 0 Å². The molecule has 0 aliphatic rings. The fourth-order valence-corrected chi connectivity index (χ4v) is 1.87. The summed E-state index contributed by atoms with van der Waals surface area (Å²) in [6, 6.07) is 21.4. The van der Waals surface area contributed by atoms with Crippen molar-refractivity contribution in [3.63, 3.8) is 0 Å². The molecule has 4 heteroatoms. The van der Waals surface area contributed by atoms with Crippen molar-refractivity contribution in [3.05, 3.63) is 81.7 Å². The van der Waals surface area contributed by atoms with Gasteiger partial charge in [0.25, 0.3) is 0 Å². The zero-order chi connectivity index (χ0) is 12.8. The molecular weight excluding hydrogens is 653 g/mol. The van der Waals surface area contributed by atoms with Crippen LogP contribution in [0.25, 0.3) is 22.0 Å². The van der Waals surface area contributed by atoms with E-state index in [2.05, 4.69) is 23.2 Å². The molecule has 0 amide bonds. The largest absolute Gasteiger partial charge is 0.358 e. The van der Waals surface area contributed by atoms with Gasteiger partial charge in [-0.15, -0.1) is 35.9 Å². The maximum absolute atomic E-state index is 4.45. The second kappa shape index (κ2) is 18.4. The average molecular weight is 682 g/mol. The summed E-state index contributed by atoms with van der Waals surface area (Å²) in [6.07, 6.45) is 1.85. The third-order valence-corrected chi connectivity index (χ3v) is 2.64. The van der Waals surface area contributed by atoms with Crippen LogP contribution >= 0.6 is 0 Å². The average Bonchev–Trinajstić information content (AvgIpc) is 2.50. The molecule has 0 unspecified atom stereocenters. The molecule has 0 atom stereocenters. The van der Waals surface area contributed by atoms with Crippen LogP contribution in [0.3, 0.4) is 0 Å². The molecular formula is C20H29Ir2N2-3. The Morgan fingerprint density at radius 1 is 0.833 bits per heavy atom. The van der Waals surface area contributed by atoms with E-state index in [1.165, 1.54) is 10.8 Å². The molecule has 0 spiro atoms. The van der Waals surface area contributed by atoms with Crippen LogP contribution in [0.15, 0.2) is 60.8 Å². The first-order valence-electron chi connectivity index (χ1n) is 6.26. The normalized spacial score (nSPS) is 7.25. The van der Waals surface area contributed by atoms with Crippen LogP contribution < -0.4 is 6.15 Å². The third kappa shape index (κ3) is 8.28. The van der Waals surface area contributed by atoms with Crippen molar-refractivity contribution in [2.75, 3.05) is 0 Å². The van der Waals surface area contributed by atoms with Crippen LogP contribution in [0.1, 0.15) is 21.3 Å². The first-order chi connectivity index (χ1) is 8.95. The van der Waals surface area contributed by atoms with Gasteiger partial charge in [0.2, 0.25) is 0 Å². The number of aromatic nitrogens is 1. The molecule has 1 aromatic heterocycles. The van der Waals surface area contributed by atoms with Crippen molar-refractivity contribution >= 4 is 10.8 Å². The Hall–Kier alpha value is -0.891. The Labute approximate surface area is 175 Å². The van der Waals surface area contributed by atoms with Gasteiger partial charge in [-0.25, -0.2) is 0 Å². The first kappa shape index (κ1) is 34.4. The number of pyridine rings is 1. The summed E-state index contributed by atoms with van der Waals surface area (Å²) in [5, 5.41) is 2.39. The number of rotatable bonds is 1. The summed E-state index contributed by atoms with van der Waals surface area (Å²) < 4.78 is 0. The van der Waals surface area contributed by atoms with E-state index in [0.717, 1.165) is 11.3 Å². The maximum atomic E-state index is 4.45.